The summed E-state index contributed by atoms with van der Waals surface area (Å²) in [5.74, 6) is -0.282. The summed E-state index contributed by atoms with van der Waals surface area (Å²) in [5.41, 5.74) is -0.0141. The number of aryl methyl sites for hydroxylation is 1. The first kappa shape index (κ1) is 18.6. The summed E-state index contributed by atoms with van der Waals surface area (Å²) < 4.78 is 24.8. The van der Waals surface area contributed by atoms with E-state index in [9.17, 15) is 18.0 Å². The van der Waals surface area contributed by atoms with Gasteiger partial charge in [0.15, 0.2) is 15.5 Å². The van der Waals surface area contributed by atoms with Crippen LogP contribution in [0, 0.1) is 0 Å². The van der Waals surface area contributed by atoms with Crippen molar-refractivity contribution < 1.29 is 13.2 Å². The number of hydrogen-bond acceptors (Lipinski definition) is 5. The van der Waals surface area contributed by atoms with Crippen LogP contribution >= 0.6 is 0 Å². The van der Waals surface area contributed by atoms with Crippen molar-refractivity contribution >= 4 is 26.5 Å². The molecule has 0 spiro atoms. The molecule has 1 aromatic carbocycles. The number of amides is 1. The molecule has 0 aliphatic carbocycles. The third-order valence-corrected chi connectivity index (χ3v) is 6.62. The molecule has 3 rings (SSSR count). The minimum absolute atomic E-state index is 0.0252. The van der Waals surface area contributed by atoms with Crippen LogP contribution in [-0.4, -0.2) is 53.6 Å². The van der Waals surface area contributed by atoms with Crippen molar-refractivity contribution in [1.82, 2.24) is 14.7 Å². The molecule has 2 aromatic rings. The quantitative estimate of drug-likeness (QED) is 0.787. The van der Waals surface area contributed by atoms with E-state index in [1.807, 2.05) is 6.92 Å². The summed E-state index contributed by atoms with van der Waals surface area (Å²) in [4.78, 5) is 27.1. The first-order valence-electron chi connectivity index (χ1n) is 8.81. The maximum absolute atomic E-state index is 13.0. The fourth-order valence-corrected chi connectivity index (χ4v) is 5.04. The molecule has 1 amide bonds. The zero-order valence-corrected chi connectivity index (χ0v) is 15.8. The van der Waals surface area contributed by atoms with Gasteiger partial charge in [-0.3, -0.25) is 9.59 Å². The number of unbranched alkanes of at least 4 members (excludes halogenated alkanes) is 1. The summed E-state index contributed by atoms with van der Waals surface area (Å²) in [6.07, 6.45) is 2.12. The van der Waals surface area contributed by atoms with E-state index in [0.29, 0.717) is 23.7 Å². The van der Waals surface area contributed by atoms with Crippen LogP contribution in [0.1, 0.15) is 36.7 Å². The van der Waals surface area contributed by atoms with Crippen LogP contribution in [0.2, 0.25) is 0 Å². The van der Waals surface area contributed by atoms with E-state index >= 15 is 0 Å². The van der Waals surface area contributed by atoms with E-state index in [1.54, 1.807) is 31.3 Å². The first-order valence-corrected chi connectivity index (χ1v) is 10.6. The topological polar surface area (TPSA) is 89.3 Å². The van der Waals surface area contributed by atoms with E-state index in [1.165, 1.54) is 9.58 Å². The number of rotatable bonds is 5. The second kappa shape index (κ2) is 7.19. The molecule has 1 fully saturated rings. The van der Waals surface area contributed by atoms with Crippen molar-refractivity contribution in [2.45, 2.75) is 38.8 Å². The Morgan fingerprint density at radius 3 is 2.62 bits per heavy atom. The highest BCUT2D eigenvalue weighted by atomic mass is 32.2. The van der Waals surface area contributed by atoms with E-state index in [4.69, 9.17) is 0 Å². The van der Waals surface area contributed by atoms with Gasteiger partial charge in [-0.2, -0.15) is 5.10 Å². The number of hydrogen-bond donors (Lipinski definition) is 0. The van der Waals surface area contributed by atoms with Crippen LogP contribution in [0.3, 0.4) is 0 Å². The summed E-state index contributed by atoms with van der Waals surface area (Å²) in [5, 5.41) is 5.29. The monoisotopic (exact) mass is 377 g/mol. The van der Waals surface area contributed by atoms with Crippen molar-refractivity contribution in [3.05, 3.63) is 40.3 Å². The first-order chi connectivity index (χ1) is 12.3. The van der Waals surface area contributed by atoms with Crippen LogP contribution in [-0.2, 0) is 16.4 Å². The molecule has 0 bridgehead atoms. The molecule has 1 aliphatic rings. The second-order valence-electron chi connectivity index (χ2n) is 6.75. The number of carbonyl (C=O) groups excluding carboxylic acids is 1. The lowest BCUT2D eigenvalue weighted by molar-refractivity contribution is 0.0741. The van der Waals surface area contributed by atoms with Gasteiger partial charge in [0.25, 0.3) is 11.5 Å². The molecule has 26 heavy (non-hydrogen) atoms. The third-order valence-electron chi connectivity index (χ3n) is 4.87. The molecule has 1 aromatic heterocycles. The van der Waals surface area contributed by atoms with Gasteiger partial charge in [0.2, 0.25) is 0 Å². The standard InChI is InChI=1S/C18H23N3O4S/c1-3-4-10-21-17(22)15-8-6-5-7-14(15)16(19-21)18(23)20(2)13-9-11-26(24,25)12-13/h5-8,13H,3-4,9-12H2,1-2H3/t13-/m1/s1. The maximum Gasteiger partial charge on any atom is 0.274 e. The highest BCUT2D eigenvalue weighted by molar-refractivity contribution is 7.91. The number of aromatic nitrogens is 2. The largest absolute Gasteiger partial charge is 0.336 e. The lowest BCUT2D eigenvalue weighted by Crippen LogP contribution is -2.39. The predicted octanol–water partition coefficient (Wildman–Crippen LogP) is 1.46. The molecule has 140 valence electrons. The van der Waals surface area contributed by atoms with Crippen molar-refractivity contribution in [2.24, 2.45) is 0 Å². The Morgan fingerprint density at radius 2 is 2.00 bits per heavy atom. The summed E-state index contributed by atoms with van der Waals surface area (Å²) in [7, 11) is -1.49. The summed E-state index contributed by atoms with van der Waals surface area (Å²) in [6, 6.07) is 6.56. The van der Waals surface area contributed by atoms with Gasteiger partial charge in [-0.25, -0.2) is 13.1 Å². The van der Waals surface area contributed by atoms with Gasteiger partial charge < -0.3 is 4.90 Å². The van der Waals surface area contributed by atoms with Gasteiger partial charge in [-0.1, -0.05) is 31.5 Å². The van der Waals surface area contributed by atoms with E-state index < -0.39 is 9.84 Å². The molecule has 1 saturated heterocycles. The highest BCUT2D eigenvalue weighted by Crippen LogP contribution is 2.21. The van der Waals surface area contributed by atoms with Crippen LogP contribution in [0.25, 0.3) is 10.8 Å². The number of carbonyl (C=O) groups is 1. The van der Waals surface area contributed by atoms with Gasteiger partial charge in [-0.15, -0.1) is 0 Å². The normalized spacial score (nSPS) is 18.9. The Labute approximate surface area is 152 Å². The predicted molar refractivity (Wildman–Crippen MR) is 100 cm³/mol. The van der Waals surface area contributed by atoms with Crippen molar-refractivity contribution in [2.75, 3.05) is 18.6 Å². The SMILES string of the molecule is CCCCn1nc(C(=O)N(C)[C@@H]2CCS(=O)(=O)C2)c2ccccc2c1=O. The minimum atomic E-state index is -3.10. The summed E-state index contributed by atoms with van der Waals surface area (Å²) in [6.45, 7) is 2.47. The van der Waals surface area contributed by atoms with Gasteiger partial charge in [0.05, 0.1) is 16.9 Å². The van der Waals surface area contributed by atoms with Crippen LogP contribution in [0.4, 0.5) is 0 Å². The molecule has 0 radical (unpaired) electrons. The molecular weight excluding hydrogens is 354 g/mol. The van der Waals surface area contributed by atoms with Crippen LogP contribution in [0.15, 0.2) is 29.1 Å². The fourth-order valence-electron chi connectivity index (χ4n) is 3.27. The third kappa shape index (κ3) is 3.51. The molecule has 0 saturated carbocycles. The van der Waals surface area contributed by atoms with Crippen molar-refractivity contribution in [3.63, 3.8) is 0 Å². The van der Waals surface area contributed by atoms with Gasteiger partial charge >= 0.3 is 0 Å². The Hall–Kier alpha value is -2.22. The van der Waals surface area contributed by atoms with Crippen LogP contribution in [0.5, 0.6) is 0 Å². The zero-order chi connectivity index (χ0) is 18.9. The molecule has 1 aliphatic heterocycles. The Kier molecular flexibility index (Phi) is 5.13. The fraction of sp³-hybridized carbons (Fsp3) is 0.500. The Morgan fingerprint density at radius 1 is 1.31 bits per heavy atom. The van der Waals surface area contributed by atoms with Gasteiger partial charge in [-0.05, 0) is 18.9 Å². The molecule has 2 heterocycles. The highest BCUT2D eigenvalue weighted by Gasteiger charge is 2.34. The molecular formula is C18H23N3O4S. The Bertz CT molecular complexity index is 997. The van der Waals surface area contributed by atoms with E-state index in [2.05, 4.69) is 5.10 Å². The van der Waals surface area contributed by atoms with Crippen molar-refractivity contribution in [3.8, 4) is 0 Å². The maximum atomic E-state index is 13.0. The zero-order valence-electron chi connectivity index (χ0n) is 15.0. The smallest absolute Gasteiger partial charge is 0.274 e. The van der Waals surface area contributed by atoms with Gasteiger partial charge in [0.1, 0.15) is 0 Å². The van der Waals surface area contributed by atoms with Gasteiger partial charge in [0, 0.05) is 25.0 Å². The lowest BCUT2D eigenvalue weighted by Gasteiger charge is -2.23. The number of benzene rings is 1. The number of nitrogens with zero attached hydrogens (tertiary/aromatic N) is 3. The minimum Gasteiger partial charge on any atom is -0.336 e. The average molecular weight is 377 g/mol. The summed E-state index contributed by atoms with van der Waals surface area (Å²) >= 11 is 0. The van der Waals surface area contributed by atoms with Crippen LogP contribution < -0.4 is 5.56 Å². The van der Waals surface area contributed by atoms with Crippen molar-refractivity contribution in [1.29, 1.82) is 0 Å². The van der Waals surface area contributed by atoms with E-state index in [-0.39, 0.29) is 34.7 Å². The van der Waals surface area contributed by atoms with E-state index in [0.717, 1.165) is 12.8 Å². The Balaban J connectivity index is 2.04. The molecule has 7 nitrogen and oxygen atoms in total. The molecule has 1 atom stereocenters. The average Bonchev–Trinajstić information content (AvgIpc) is 3.00. The number of fused-ring (bicyclic) bond motifs is 1. The lowest BCUT2D eigenvalue weighted by atomic mass is 10.1. The molecule has 0 N–H and O–H groups in total. The molecule has 8 heteroatoms. The second-order valence-corrected chi connectivity index (χ2v) is 8.98. The number of sulfone groups is 1. The molecule has 0 unspecified atom stereocenters.